The molecule has 2 bridgehead atoms. The van der Waals surface area contributed by atoms with E-state index in [1.807, 2.05) is 6.07 Å². The molecule has 7 nitrogen and oxygen atoms in total. The Hall–Kier alpha value is -3.03. The van der Waals surface area contributed by atoms with E-state index in [2.05, 4.69) is 51.6 Å². The lowest BCUT2D eigenvalue weighted by Crippen LogP contribution is -2.41. The number of amides is 1. The molecule has 1 amide bonds. The molecule has 2 N–H and O–H groups in total. The number of pyridine rings is 1. The minimum absolute atomic E-state index is 0.00266. The van der Waals surface area contributed by atoms with Crippen LogP contribution in [-0.4, -0.2) is 65.3 Å². The smallest absolute Gasteiger partial charge is 0.290 e. The number of nitrogens with zero attached hydrogens (tertiary/aromatic N) is 2. The first-order valence-electron chi connectivity index (χ1n) is 11.0. The SMILES string of the molecule is O=C(NC[C@H]1[C@H]2CN(C/C=C/c3ccccc3)C[C@]23CC[C@H]1O3)c1ccncc1.O=CO. The molecule has 1 aromatic heterocycles. The molecule has 0 aliphatic carbocycles. The molecule has 3 aliphatic rings. The number of carboxylic acid groups (broad SMARTS) is 1. The number of benzene rings is 1. The van der Waals surface area contributed by atoms with Gasteiger partial charge in [-0.1, -0.05) is 42.5 Å². The summed E-state index contributed by atoms with van der Waals surface area (Å²) in [6.45, 7) is 3.43. The van der Waals surface area contributed by atoms with Crippen molar-refractivity contribution in [2.45, 2.75) is 24.5 Å². The Bertz CT molecular complexity index is 937. The number of nitrogens with one attached hydrogen (secondary N) is 1. The fourth-order valence-electron chi connectivity index (χ4n) is 5.42. The van der Waals surface area contributed by atoms with Gasteiger partial charge in [0.1, 0.15) is 0 Å². The van der Waals surface area contributed by atoms with Gasteiger partial charge in [0.05, 0.1) is 11.7 Å². The number of hydrogen-bond acceptors (Lipinski definition) is 5. The van der Waals surface area contributed by atoms with E-state index in [1.165, 1.54) is 5.56 Å². The van der Waals surface area contributed by atoms with Gasteiger partial charge in [0, 0.05) is 56.0 Å². The van der Waals surface area contributed by atoms with Crippen molar-refractivity contribution < 1.29 is 19.4 Å². The zero-order valence-electron chi connectivity index (χ0n) is 18.0. The van der Waals surface area contributed by atoms with E-state index in [0.717, 1.165) is 32.5 Å². The average molecular weight is 436 g/mol. The summed E-state index contributed by atoms with van der Waals surface area (Å²) in [7, 11) is 0. The predicted molar refractivity (Wildman–Crippen MR) is 121 cm³/mol. The molecule has 2 aromatic rings. The molecular weight excluding hydrogens is 406 g/mol. The van der Waals surface area contributed by atoms with Gasteiger partial charge in [-0.05, 0) is 30.5 Å². The fraction of sp³-hybridized carbons (Fsp3) is 0.400. The van der Waals surface area contributed by atoms with E-state index in [1.54, 1.807) is 24.5 Å². The molecule has 3 aliphatic heterocycles. The largest absolute Gasteiger partial charge is 0.483 e. The van der Waals surface area contributed by atoms with Crippen LogP contribution in [0.25, 0.3) is 6.08 Å². The third-order valence-corrected chi connectivity index (χ3v) is 6.77. The van der Waals surface area contributed by atoms with Crippen molar-refractivity contribution in [1.29, 1.82) is 0 Å². The van der Waals surface area contributed by atoms with Gasteiger partial charge in [-0.3, -0.25) is 19.5 Å². The van der Waals surface area contributed by atoms with Crippen LogP contribution in [-0.2, 0) is 9.53 Å². The van der Waals surface area contributed by atoms with Crippen molar-refractivity contribution in [3.8, 4) is 0 Å². The van der Waals surface area contributed by atoms with Crippen molar-refractivity contribution in [3.05, 3.63) is 72.1 Å². The number of carbonyl (C=O) groups is 2. The zero-order chi connectivity index (χ0) is 22.4. The molecule has 0 radical (unpaired) electrons. The number of hydrogen-bond donors (Lipinski definition) is 2. The van der Waals surface area contributed by atoms with Gasteiger partial charge >= 0.3 is 0 Å². The third kappa shape index (κ3) is 4.74. The summed E-state index contributed by atoms with van der Waals surface area (Å²) in [5, 5.41) is 10.0. The van der Waals surface area contributed by atoms with Crippen molar-refractivity contribution >= 4 is 18.5 Å². The van der Waals surface area contributed by atoms with Crippen molar-refractivity contribution in [2.24, 2.45) is 11.8 Å². The first-order chi connectivity index (χ1) is 15.6. The van der Waals surface area contributed by atoms with Crippen LogP contribution in [0.2, 0.25) is 0 Å². The zero-order valence-corrected chi connectivity index (χ0v) is 18.0. The van der Waals surface area contributed by atoms with E-state index in [4.69, 9.17) is 14.6 Å². The number of fused-ring (bicyclic) bond motifs is 1. The minimum Gasteiger partial charge on any atom is -0.483 e. The Morgan fingerprint density at radius 2 is 2.00 bits per heavy atom. The van der Waals surface area contributed by atoms with Crippen LogP contribution in [0.4, 0.5) is 0 Å². The molecule has 32 heavy (non-hydrogen) atoms. The van der Waals surface area contributed by atoms with Crippen molar-refractivity contribution in [3.63, 3.8) is 0 Å². The van der Waals surface area contributed by atoms with Crippen LogP contribution in [0.15, 0.2) is 60.9 Å². The lowest BCUT2D eigenvalue weighted by atomic mass is 9.73. The molecule has 0 unspecified atom stereocenters. The Kier molecular flexibility index (Phi) is 6.97. The molecule has 3 fully saturated rings. The summed E-state index contributed by atoms with van der Waals surface area (Å²) in [4.78, 5) is 27.3. The number of ether oxygens (including phenoxy) is 1. The molecule has 4 atom stereocenters. The normalized spacial score (nSPS) is 28.2. The van der Waals surface area contributed by atoms with Crippen LogP contribution in [0.5, 0.6) is 0 Å². The second kappa shape index (κ2) is 10.1. The van der Waals surface area contributed by atoms with Gasteiger partial charge in [0.2, 0.25) is 0 Å². The first kappa shape index (κ1) is 22.2. The molecule has 7 heteroatoms. The lowest BCUT2D eigenvalue weighted by molar-refractivity contribution is -0.122. The molecule has 0 saturated carbocycles. The van der Waals surface area contributed by atoms with Gasteiger partial charge in [-0.2, -0.15) is 0 Å². The van der Waals surface area contributed by atoms with Crippen LogP contribution < -0.4 is 5.32 Å². The highest BCUT2D eigenvalue weighted by atomic mass is 16.5. The summed E-state index contributed by atoms with van der Waals surface area (Å²) in [6.07, 6.45) is 10.3. The molecule has 168 valence electrons. The van der Waals surface area contributed by atoms with Gasteiger partial charge in [-0.25, -0.2) is 0 Å². The van der Waals surface area contributed by atoms with Crippen molar-refractivity contribution in [1.82, 2.24) is 15.2 Å². The highest BCUT2D eigenvalue weighted by Crippen LogP contribution is 2.54. The van der Waals surface area contributed by atoms with E-state index < -0.39 is 0 Å². The maximum absolute atomic E-state index is 12.4. The predicted octanol–water partition coefficient (Wildman–Crippen LogP) is 2.71. The third-order valence-electron chi connectivity index (χ3n) is 6.77. The van der Waals surface area contributed by atoms with E-state index in [9.17, 15) is 4.79 Å². The van der Waals surface area contributed by atoms with E-state index in [-0.39, 0.29) is 18.0 Å². The number of aromatic nitrogens is 1. The maximum Gasteiger partial charge on any atom is 0.290 e. The highest BCUT2D eigenvalue weighted by molar-refractivity contribution is 5.93. The van der Waals surface area contributed by atoms with Gasteiger partial charge in [-0.15, -0.1) is 0 Å². The summed E-state index contributed by atoms with van der Waals surface area (Å²) in [5.41, 5.74) is 1.90. The van der Waals surface area contributed by atoms with E-state index >= 15 is 0 Å². The van der Waals surface area contributed by atoms with Crippen LogP contribution >= 0.6 is 0 Å². The Morgan fingerprint density at radius 1 is 1.25 bits per heavy atom. The summed E-state index contributed by atoms with van der Waals surface area (Å²) < 4.78 is 6.50. The monoisotopic (exact) mass is 435 g/mol. The molecule has 4 heterocycles. The highest BCUT2D eigenvalue weighted by Gasteiger charge is 2.62. The van der Waals surface area contributed by atoms with Crippen LogP contribution in [0.1, 0.15) is 28.8 Å². The van der Waals surface area contributed by atoms with Crippen LogP contribution in [0.3, 0.4) is 0 Å². The quantitative estimate of drug-likeness (QED) is 0.678. The second-order valence-electron chi connectivity index (χ2n) is 8.59. The van der Waals surface area contributed by atoms with Gasteiger partial charge in [0.25, 0.3) is 12.4 Å². The summed E-state index contributed by atoms with van der Waals surface area (Å²) in [6, 6.07) is 13.9. The van der Waals surface area contributed by atoms with E-state index in [0.29, 0.717) is 30.0 Å². The standard InChI is InChI=1S/C24H27N3O2.CH2O2/c28-23(19-9-12-25-13-10-19)26-15-20-21-16-27(17-24(21)11-8-22(20)29-24)14-4-7-18-5-2-1-3-6-18;2-1-3/h1-7,9-10,12-13,20-22H,8,11,14-17H2,(H,26,28);1H,(H,2,3)/b7-4+;/t20-,21+,22+,24+;/m0./s1. The topological polar surface area (TPSA) is 91.8 Å². The average Bonchev–Trinajstić information content (AvgIpc) is 3.48. The Morgan fingerprint density at radius 3 is 2.75 bits per heavy atom. The van der Waals surface area contributed by atoms with Gasteiger partial charge < -0.3 is 15.2 Å². The molecule has 5 rings (SSSR count). The molecule has 3 saturated heterocycles. The summed E-state index contributed by atoms with van der Waals surface area (Å²) >= 11 is 0. The van der Waals surface area contributed by atoms with Crippen molar-refractivity contribution in [2.75, 3.05) is 26.2 Å². The first-order valence-corrected chi connectivity index (χ1v) is 11.0. The lowest BCUT2D eigenvalue weighted by Gasteiger charge is -2.29. The fourth-order valence-corrected chi connectivity index (χ4v) is 5.42. The number of rotatable bonds is 6. The Balaban J connectivity index is 0.000000775. The number of likely N-dealkylation sites (tertiary alicyclic amines) is 1. The van der Waals surface area contributed by atoms with Crippen LogP contribution in [0, 0.1) is 11.8 Å². The molecular formula is C25H29N3O4. The van der Waals surface area contributed by atoms with Gasteiger partial charge in [0.15, 0.2) is 0 Å². The second-order valence-corrected chi connectivity index (χ2v) is 8.59. The molecule has 1 spiro atoms. The summed E-state index contributed by atoms with van der Waals surface area (Å²) in [5.74, 6) is 0.881. The maximum atomic E-state index is 12.4. The number of carbonyl (C=O) groups excluding carboxylic acids is 1. The molecule has 1 aromatic carbocycles. The Labute approximate surface area is 188 Å². The minimum atomic E-state index is -0.250.